The first-order chi connectivity index (χ1) is 17.6. The summed E-state index contributed by atoms with van der Waals surface area (Å²) in [6.07, 6.45) is 3.69. The fourth-order valence-electron chi connectivity index (χ4n) is 5.35. The number of imidazole rings is 1. The number of aromatic nitrogens is 3. The molecule has 9 heteroatoms. The van der Waals surface area contributed by atoms with Gasteiger partial charge in [0.25, 0.3) is 0 Å². The quantitative estimate of drug-likeness (QED) is 0.375. The molecule has 4 aromatic rings. The molecule has 1 aliphatic heterocycles. The van der Waals surface area contributed by atoms with Gasteiger partial charge in [0.05, 0.1) is 16.6 Å². The summed E-state index contributed by atoms with van der Waals surface area (Å²) in [5.74, 6) is -0.499. The van der Waals surface area contributed by atoms with Crippen molar-refractivity contribution in [3.63, 3.8) is 0 Å². The number of fused-ring (bicyclic) bond motifs is 2. The predicted octanol–water partition coefficient (Wildman–Crippen LogP) is 2.45. The summed E-state index contributed by atoms with van der Waals surface area (Å²) in [6, 6.07) is 14.9. The Bertz CT molecular complexity index is 1510. The Labute approximate surface area is 215 Å². The van der Waals surface area contributed by atoms with Crippen LogP contribution in [0.3, 0.4) is 0 Å². The van der Waals surface area contributed by atoms with Crippen molar-refractivity contribution in [2.24, 2.45) is 12.8 Å². The largest absolute Gasteiger partial charge is 0.350 e. The van der Waals surface area contributed by atoms with E-state index in [9.17, 15) is 14.4 Å². The number of hydrogen-bond acceptors (Lipinski definition) is 4. The number of rotatable bonds is 6. The summed E-state index contributed by atoms with van der Waals surface area (Å²) in [5.41, 5.74) is 8.56. The van der Waals surface area contributed by atoms with Gasteiger partial charge in [0, 0.05) is 49.7 Å². The van der Waals surface area contributed by atoms with Crippen LogP contribution in [0.4, 0.5) is 0 Å². The van der Waals surface area contributed by atoms with E-state index in [1.165, 1.54) is 0 Å². The van der Waals surface area contributed by atoms with Crippen molar-refractivity contribution in [3.05, 3.63) is 70.8 Å². The molecule has 3 heterocycles. The fourth-order valence-corrected chi connectivity index (χ4v) is 5.35. The van der Waals surface area contributed by atoms with Gasteiger partial charge >= 0.3 is 5.69 Å². The van der Waals surface area contributed by atoms with E-state index in [1.54, 1.807) is 18.7 Å². The SMILES string of the molecule is Cn1cc(CC(NC(=O)C(C)(C)N)C(=O)N2CCC(n3c(=O)[nH]c4ccccc43)CC2)c2ccccc21. The topological polar surface area (TPSA) is 118 Å². The van der Waals surface area contributed by atoms with E-state index < -0.39 is 11.6 Å². The monoisotopic (exact) mass is 502 g/mol. The Morgan fingerprint density at radius 3 is 2.43 bits per heavy atom. The molecule has 0 radical (unpaired) electrons. The number of aromatic amines is 1. The van der Waals surface area contributed by atoms with E-state index in [-0.39, 0.29) is 23.5 Å². The van der Waals surface area contributed by atoms with Crippen LogP contribution in [0.1, 0.15) is 38.3 Å². The highest BCUT2D eigenvalue weighted by molar-refractivity contribution is 5.92. The number of carbonyl (C=O) groups is 2. The Morgan fingerprint density at radius 2 is 1.73 bits per heavy atom. The number of carbonyl (C=O) groups excluding carboxylic acids is 2. The molecule has 0 bridgehead atoms. The molecular formula is C28H34N6O3. The minimum absolute atomic E-state index is 0.00165. The second-order valence-electron chi connectivity index (χ2n) is 10.6. The molecule has 0 spiro atoms. The van der Waals surface area contributed by atoms with E-state index in [0.29, 0.717) is 32.4 Å². The van der Waals surface area contributed by atoms with Crippen molar-refractivity contribution in [1.82, 2.24) is 24.3 Å². The van der Waals surface area contributed by atoms with Crippen molar-refractivity contribution >= 4 is 33.8 Å². The van der Waals surface area contributed by atoms with Crippen molar-refractivity contribution < 1.29 is 9.59 Å². The molecule has 37 heavy (non-hydrogen) atoms. The lowest BCUT2D eigenvalue weighted by Gasteiger charge is -2.35. The van der Waals surface area contributed by atoms with Crippen molar-refractivity contribution in [2.75, 3.05) is 13.1 Å². The molecule has 2 amide bonds. The van der Waals surface area contributed by atoms with Crippen LogP contribution in [-0.2, 0) is 23.1 Å². The number of nitrogens with zero attached hydrogens (tertiary/aromatic N) is 3. The molecule has 1 saturated heterocycles. The first-order valence-electron chi connectivity index (χ1n) is 12.7. The smallest absolute Gasteiger partial charge is 0.326 e. The predicted molar refractivity (Wildman–Crippen MR) is 144 cm³/mol. The standard InChI is InChI=1S/C28H34N6O3/c1-28(2,29)26(36)30-22(16-18-17-32(3)23-10-6-4-8-20(18)23)25(35)33-14-12-19(13-15-33)34-24-11-7-5-9-21(24)31-27(34)37/h4-11,17,19,22H,12-16,29H2,1-3H3,(H,30,36)(H,31,37). The van der Waals surface area contributed by atoms with E-state index in [1.807, 2.05) is 70.9 Å². The molecular weight excluding hydrogens is 468 g/mol. The van der Waals surface area contributed by atoms with E-state index in [4.69, 9.17) is 5.73 Å². The molecule has 9 nitrogen and oxygen atoms in total. The van der Waals surface area contributed by atoms with Gasteiger partial charge in [0.15, 0.2) is 0 Å². The zero-order valence-corrected chi connectivity index (χ0v) is 21.5. The van der Waals surface area contributed by atoms with E-state index in [0.717, 1.165) is 27.5 Å². The molecule has 1 atom stereocenters. The lowest BCUT2D eigenvalue weighted by Crippen LogP contribution is -2.57. The second kappa shape index (κ2) is 9.55. The summed E-state index contributed by atoms with van der Waals surface area (Å²) in [6.45, 7) is 4.27. The van der Waals surface area contributed by atoms with Crippen LogP contribution in [0.5, 0.6) is 0 Å². The maximum absolute atomic E-state index is 13.8. The minimum Gasteiger partial charge on any atom is -0.350 e. The summed E-state index contributed by atoms with van der Waals surface area (Å²) in [5, 5.41) is 3.98. The van der Waals surface area contributed by atoms with Gasteiger partial charge in [-0.05, 0) is 50.5 Å². The lowest BCUT2D eigenvalue weighted by molar-refractivity contribution is -0.138. The fraction of sp³-hybridized carbons (Fsp3) is 0.393. The molecule has 4 N–H and O–H groups in total. The summed E-state index contributed by atoms with van der Waals surface area (Å²) in [4.78, 5) is 44.0. The second-order valence-corrected chi connectivity index (χ2v) is 10.6. The van der Waals surface area contributed by atoms with Crippen LogP contribution < -0.4 is 16.7 Å². The Balaban J connectivity index is 1.36. The molecule has 5 rings (SSSR count). The van der Waals surface area contributed by atoms with Crippen molar-refractivity contribution in [3.8, 4) is 0 Å². The molecule has 1 unspecified atom stereocenters. The minimum atomic E-state index is -1.11. The van der Waals surface area contributed by atoms with Crippen molar-refractivity contribution in [1.29, 1.82) is 0 Å². The van der Waals surface area contributed by atoms with Crippen LogP contribution in [0.2, 0.25) is 0 Å². The highest BCUT2D eigenvalue weighted by Crippen LogP contribution is 2.26. The third-order valence-corrected chi connectivity index (χ3v) is 7.36. The van der Waals surface area contributed by atoms with Gasteiger partial charge in [-0.1, -0.05) is 30.3 Å². The zero-order chi connectivity index (χ0) is 26.3. The molecule has 194 valence electrons. The Hall–Kier alpha value is -3.85. The number of piperidine rings is 1. The highest BCUT2D eigenvalue weighted by atomic mass is 16.2. The normalized spacial score (nSPS) is 15.8. The number of hydrogen-bond donors (Lipinski definition) is 3. The number of benzene rings is 2. The lowest BCUT2D eigenvalue weighted by atomic mass is 9.99. The Kier molecular flexibility index (Phi) is 6.41. The van der Waals surface area contributed by atoms with Gasteiger partial charge in [-0.15, -0.1) is 0 Å². The summed E-state index contributed by atoms with van der Waals surface area (Å²) >= 11 is 0. The Morgan fingerprint density at radius 1 is 1.08 bits per heavy atom. The van der Waals surface area contributed by atoms with Gasteiger partial charge in [-0.25, -0.2) is 4.79 Å². The van der Waals surface area contributed by atoms with Crippen LogP contribution in [-0.4, -0.2) is 55.5 Å². The third kappa shape index (κ3) is 4.79. The average Bonchev–Trinajstić information content (AvgIpc) is 3.38. The molecule has 2 aromatic carbocycles. The molecule has 0 saturated carbocycles. The van der Waals surface area contributed by atoms with Gasteiger partial charge in [-0.3, -0.25) is 14.2 Å². The first-order valence-corrected chi connectivity index (χ1v) is 12.7. The first kappa shape index (κ1) is 24.8. The third-order valence-electron chi connectivity index (χ3n) is 7.36. The summed E-state index contributed by atoms with van der Waals surface area (Å²) in [7, 11) is 1.97. The van der Waals surface area contributed by atoms with Crippen LogP contribution in [0, 0.1) is 0 Å². The molecule has 1 fully saturated rings. The highest BCUT2D eigenvalue weighted by Gasteiger charge is 2.33. The van der Waals surface area contributed by atoms with Gasteiger partial charge in [-0.2, -0.15) is 0 Å². The maximum atomic E-state index is 13.8. The van der Waals surface area contributed by atoms with Crippen molar-refractivity contribution in [2.45, 2.75) is 50.7 Å². The number of para-hydroxylation sites is 3. The molecule has 2 aromatic heterocycles. The van der Waals surface area contributed by atoms with Crippen LogP contribution >= 0.6 is 0 Å². The van der Waals surface area contributed by atoms with E-state index >= 15 is 0 Å². The average molecular weight is 503 g/mol. The van der Waals surface area contributed by atoms with Gasteiger partial charge in [0.2, 0.25) is 11.8 Å². The number of H-pyrrole nitrogens is 1. The number of likely N-dealkylation sites (tertiary alicyclic amines) is 1. The van der Waals surface area contributed by atoms with Gasteiger partial charge < -0.3 is 25.5 Å². The van der Waals surface area contributed by atoms with Gasteiger partial charge in [0.1, 0.15) is 6.04 Å². The zero-order valence-electron chi connectivity index (χ0n) is 21.5. The van der Waals surface area contributed by atoms with Crippen LogP contribution in [0.25, 0.3) is 21.9 Å². The number of nitrogens with two attached hydrogens (primary N) is 1. The van der Waals surface area contributed by atoms with E-state index in [2.05, 4.69) is 10.3 Å². The number of aryl methyl sites for hydroxylation is 1. The number of nitrogens with one attached hydrogen (secondary N) is 2. The van der Waals surface area contributed by atoms with Crippen LogP contribution in [0.15, 0.2) is 59.5 Å². The maximum Gasteiger partial charge on any atom is 0.326 e. The number of amides is 2. The molecule has 1 aliphatic rings. The summed E-state index contributed by atoms with van der Waals surface area (Å²) < 4.78 is 3.84. The molecule has 0 aliphatic carbocycles.